The molecule has 0 aliphatic heterocycles. The van der Waals surface area contributed by atoms with Crippen molar-refractivity contribution in [3.63, 3.8) is 0 Å². The van der Waals surface area contributed by atoms with Gasteiger partial charge in [-0.3, -0.25) is 0 Å². The highest BCUT2D eigenvalue weighted by atomic mass is 16.5. The van der Waals surface area contributed by atoms with Gasteiger partial charge >= 0.3 is 0 Å². The number of benzene rings is 2. The number of anilines is 1. The van der Waals surface area contributed by atoms with Gasteiger partial charge in [-0.1, -0.05) is 24.3 Å². The van der Waals surface area contributed by atoms with E-state index >= 15 is 0 Å². The number of rotatable bonds is 4. The van der Waals surface area contributed by atoms with Gasteiger partial charge in [-0.25, -0.2) is 0 Å². The molecule has 0 saturated carbocycles. The van der Waals surface area contributed by atoms with Crippen LogP contribution in [0.5, 0.6) is 5.75 Å². The molecule has 0 aliphatic carbocycles. The second kappa shape index (κ2) is 4.78. The van der Waals surface area contributed by atoms with Crippen molar-refractivity contribution < 1.29 is 4.74 Å². The highest BCUT2D eigenvalue weighted by Crippen LogP contribution is 2.29. The smallest absolute Gasteiger partial charge is 0.186 e. The standard InChI is InChI=1S/C14H16N2O/c1-3-16-10(2)17-14-9-5-6-11-12(14)7-4-8-13(11)15/h4-9,16H,2-3,15H2,1H3. The second-order valence-corrected chi connectivity index (χ2v) is 3.75. The molecule has 0 radical (unpaired) electrons. The van der Waals surface area contributed by atoms with Crippen LogP contribution in [0, 0.1) is 0 Å². The first-order valence-corrected chi connectivity index (χ1v) is 5.60. The molecule has 0 spiro atoms. The lowest BCUT2D eigenvalue weighted by Gasteiger charge is -2.12. The highest BCUT2D eigenvalue weighted by Gasteiger charge is 2.04. The van der Waals surface area contributed by atoms with Gasteiger partial charge in [0.1, 0.15) is 5.75 Å². The Morgan fingerprint density at radius 2 is 1.94 bits per heavy atom. The Hall–Kier alpha value is -2.16. The molecule has 2 aromatic rings. The monoisotopic (exact) mass is 228 g/mol. The number of hydrogen-bond acceptors (Lipinski definition) is 3. The Bertz CT molecular complexity index is 549. The number of fused-ring (bicyclic) bond motifs is 1. The summed E-state index contributed by atoms with van der Waals surface area (Å²) < 4.78 is 5.66. The van der Waals surface area contributed by atoms with E-state index in [1.807, 2.05) is 43.3 Å². The molecule has 3 N–H and O–H groups in total. The summed E-state index contributed by atoms with van der Waals surface area (Å²) in [6.07, 6.45) is 0. The fourth-order valence-electron chi connectivity index (χ4n) is 1.76. The lowest BCUT2D eigenvalue weighted by Crippen LogP contribution is -2.15. The lowest BCUT2D eigenvalue weighted by molar-refractivity contribution is 0.391. The van der Waals surface area contributed by atoms with Gasteiger partial charge in [0.2, 0.25) is 0 Å². The predicted molar refractivity (Wildman–Crippen MR) is 71.8 cm³/mol. The van der Waals surface area contributed by atoms with Crippen LogP contribution in [0.2, 0.25) is 0 Å². The minimum Gasteiger partial charge on any atom is -0.441 e. The molecule has 0 bridgehead atoms. The third-order valence-corrected chi connectivity index (χ3v) is 2.52. The molecule has 0 atom stereocenters. The maximum absolute atomic E-state index is 5.92. The first-order valence-electron chi connectivity index (χ1n) is 5.60. The summed E-state index contributed by atoms with van der Waals surface area (Å²) in [5, 5.41) is 5.01. The molecule has 17 heavy (non-hydrogen) atoms. The molecule has 88 valence electrons. The zero-order valence-electron chi connectivity index (χ0n) is 9.86. The summed E-state index contributed by atoms with van der Waals surface area (Å²) in [4.78, 5) is 0. The molecule has 3 heteroatoms. The molecule has 0 heterocycles. The fraction of sp³-hybridized carbons (Fsp3) is 0.143. The molecule has 2 rings (SSSR count). The Labute approximate surface area is 101 Å². The molecule has 2 aromatic carbocycles. The van der Waals surface area contributed by atoms with Crippen LogP contribution < -0.4 is 15.8 Å². The number of nitrogens with one attached hydrogen (secondary N) is 1. The molecule has 0 aliphatic rings. The normalized spacial score (nSPS) is 10.2. The Balaban J connectivity index is 2.41. The average Bonchev–Trinajstić information content (AvgIpc) is 2.31. The van der Waals surface area contributed by atoms with E-state index in [1.54, 1.807) is 0 Å². The van der Waals surface area contributed by atoms with Crippen molar-refractivity contribution in [1.29, 1.82) is 0 Å². The van der Waals surface area contributed by atoms with Gasteiger partial charge in [-0.2, -0.15) is 0 Å². The maximum atomic E-state index is 5.92. The predicted octanol–water partition coefficient (Wildman–Crippen LogP) is 2.88. The maximum Gasteiger partial charge on any atom is 0.186 e. The molecule has 0 fully saturated rings. The molecular formula is C14H16N2O. The molecule has 0 amide bonds. The van der Waals surface area contributed by atoms with Crippen LogP contribution in [0.4, 0.5) is 5.69 Å². The SMILES string of the molecule is C=C(NCC)Oc1cccc2c(N)cccc12. The van der Waals surface area contributed by atoms with Crippen LogP contribution >= 0.6 is 0 Å². The van der Waals surface area contributed by atoms with E-state index in [1.165, 1.54) is 0 Å². The van der Waals surface area contributed by atoms with E-state index in [4.69, 9.17) is 10.5 Å². The van der Waals surface area contributed by atoms with Crippen LogP contribution in [0.15, 0.2) is 48.9 Å². The number of hydrogen-bond donors (Lipinski definition) is 2. The number of ether oxygens (including phenoxy) is 1. The van der Waals surface area contributed by atoms with Gasteiger partial charge < -0.3 is 15.8 Å². The summed E-state index contributed by atoms with van der Waals surface area (Å²) in [7, 11) is 0. The Morgan fingerprint density at radius 1 is 1.24 bits per heavy atom. The van der Waals surface area contributed by atoms with E-state index in [2.05, 4.69) is 11.9 Å². The second-order valence-electron chi connectivity index (χ2n) is 3.75. The molecule has 0 aromatic heterocycles. The van der Waals surface area contributed by atoms with Crippen molar-refractivity contribution in [2.45, 2.75) is 6.92 Å². The van der Waals surface area contributed by atoms with Crippen LogP contribution in [-0.2, 0) is 0 Å². The molecule has 3 nitrogen and oxygen atoms in total. The summed E-state index contributed by atoms with van der Waals surface area (Å²) in [6, 6.07) is 11.6. The highest BCUT2D eigenvalue weighted by molar-refractivity contribution is 5.96. The third-order valence-electron chi connectivity index (χ3n) is 2.52. The van der Waals surface area contributed by atoms with Crippen molar-refractivity contribution in [1.82, 2.24) is 5.32 Å². The van der Waals surface area contributed by atoms with E-state index < -0.39 is 0 Å². The summed E-state index contributed by atoms with van der Waals surface area (Å²) >= 11 is 0. The summed E-state index contributed by atoms with van der Waals surface area (Å²) in [6.45, 7) is 6.58. The van der Waals surface area contributed by atoms with Crippen molar-refractivity contribution in [2.24, 2.45) is 0 Å². The van der Waals surface area contributed by atoms with E-state index in [9.17, 15) is 0 Å². The van der Waals surface area contributed by atoms with Crippen LogP contribution in [-0.4, -0.2) is 6.54 Å². The van der Waals surface area contributed by atoms with Crippen LogP contribution in [0.3, 0.4) is 0 Å². The van der Waals surface area contributed by atoms with Gasteiger partial charge in [-0.05, 0) is 25.6 Å². The van der Waals surface area contributed by atoms with E-state index in [0.29, 0.717) is 5.88 Å². The van der Waals surface area contributed by atoms with Gasteiger partial charge in [0.05, 0.1) is 0 Å². The van der Waals surface area contributed by atoms with Crippen LogP contribution in [0.25, 0.3) is 10.8 Å². The quantitative estimate of drug-likeness (QED) is 0.625. The number of nitrogen functional groups attached to an aromatic ring is 1. The van der Waals surface area contributed by atoms with Crippen LogP contribution in [0.1, 0.15) is 6.92 Å². The largest absolute Gasteiger partial charge is 0.441 e. The van der Waals surface area contributed by atoms with Crippen molar-refractivity contribution in [3.05, 3.63) is 48.9 Å². The minimum atomic E-state index is 0.544. The van der Waals surface area contributed by atoms with E-state index in [0.717, 1.165) is 28.8 Å². The molecule has 0 unspecified atom stereocenters. The molecule has 0 saturated heterocycles. The van der Waals surface area contributed by atoms with Gasteiger partial charge in [0.15, 0.2) is 5.88 Å². The van der Waals surface area contributed by atoms with Gasteiger partial charge in [0.25, 0.3) is 0 Å². The van der Waals surface area contributed by atoms with Gasteiger partial charge in [-0.15, -0.1) is 0 Å². The summed E-state index contributed by atoms with van der Waals surface area (Å²) in [5.41, 5.74) is 6.67. The van der Waals surface area contributed by atoms with Crippen molar-refractivity contribution in [2.75, 3.05) is 12.3 Å². The Morgan fingerprint density at radius 3 is 2.71 bits per heavy atom. The first-order chi connectivity index (χ1) is 8.22. The zero-order valence-corrected chi connectivity index (χ0v) is 9.86. The Kier molecular flexibility index (Phi) is 3.19. The zero-order chi connectivity index (χ0) is 12.3. The molecular weight excluding hydrogens is 212 g/mol. The minimum absolute atomic E-state index is 0.544. The lowest BCUT2D eigenvalue weighted by atomic mass is 10.1. The van der Waals surface area contributed by atoms with Crippen molar-refractivity contribution in [3.8, 4) is 5.75 Å². The van der Waals surface area contributed by atoms with E-state index in [-0.39, 0.29) is 0 Å². The third kappa shape index (κ3) is 2.33. The topological polar surface area (TPSA) is 47.3 Å². The van der Waals surface area contributed by atoms with Crippen molar-refractivity contribution >= 4 is 16.5 Å². The summed E-state index contributed by atoms with van der Waals surface area (Å²) in [5.74, 6) is 1.31. The van der Waals surface area contributed by atoms with Gasteiger partial charge in [0, 0.05) is 23.0 Å². The average molecular weight is 228 g/mol. The fourth-order valence-corrected chi connectivity index (χ4v) is 1.76. The first kappa shape index (κ1) is 11.3. The number of nitrogens with two attached hydrogens (primary N) is 1.